The van der Waals surface area contributed by atoms with Crippen LogP contribution in [0.5, 0.6) is 0 Å². The van der Waals surface area contributed by atoms with Crippen LogP contribution in [0.15, 0.2) is 18.2 Å². The molecule has 2 rings (SSSR count). The second-order valence-corrected chi connectivity index (χ2v) is 5.68. The summed E-state index contributed by atoms with van der Waals surface area (Å²) in [4.78, 5) is 0. The zero-order valence-electron chi connectivity index (χ0n) is 10.7. The van der Waals surface area contributed by atoms with Crippen molar-refractivity contribution in [3.05, 3.63) is 35.1 Å². The zero-order chi connectivity index (χ0) is 14.4. The monoisotopic (exact) mass is 276 g/mol. The minimum atomic E-state index is -4.70. The standard InChI is InChI=1S/C13H16F4N2/c1-12(2)6-9(12)11(19-18)7-3-4-10(14)8(5-7)13(15,16)17/h3-5,9,11,19H,6,18H2,1-2H3. The van der Waals surface area contributed by atoms with Gasteiger partial charge in [0.25, 0.3) is 0 Å². The van der Waals surface area contributed by atoms with Crippen molar-refractivity contribution in [2.75, 3.05) is 0 Å². The molecule has 3 N–H and O–H groups in total. The van der Waals surface area contributed by atoms with Crippen molar-refractivity contribution >= 4 is 0 Å². The Bertz CT molecular complexity index is 482. The molecule has 106 valence electrons. The quantitative estimate of drug-likeness (QED) is 0.504. The lowest BCUT2D eigenvalue weighted by molar-refractivity contribution is -0.140. The third kappa shape index (κ3) is 2.74. The second-order valence-electron chi connectivity index (χ2n) is 5.68. The number of rotatable bonds is 3. The van der Waals surface area contributed by atoms with Gasteiger partial charge in [-0.25, -0.2) is 4.39 Å². The number of nitrogens with one attached hydrogen (secondary N) is 1. The average Bonchev–Trinajstić information content (AvgIpc) is 2.89. The van der Waals surface area contributed by atoms with Gasteiger partial charge >= 0.3 is 6.18 Å². The van der Waals surface area contributed by atoms with Gasteiger partial charge in [-0.05, 0) is 35.4 Å². The molecule has 2 nitrogen and oxygen atoms in total. The van der Waals surface area contributed by atoms with E-state index in [1.165, 1.54) is 6.07 Å². The maximum Gasteiger partial charge on any atom is 0.419 e. The first kappa shape index (κ1) is 14.3. The number of benzene rings is 1. The Hall–Kier alpha value is -1.14. The Kier molecular flexibility index (Phi) is 3.35. The minimum Gasteiger partial charge on any atom is -0.271 e. The third-order valence-electron chi connectivity index (χ3n) is 3.83. The van der Waals surface area contributed by atoms with E-state index in [4.69, 9.17) is 5.84 Å². The van der Waals surface area contributed by atoms with Crippen LogP contribution in [0.25, 0.3) is 0 Å². The molecule has 2 unspecified atom stereocenters. The molecule has 0 spiro atoms. The molecule has 6 heteroatoms. The number of hydrazine groups is 1. The highest BCUT2D eigenvalue weighted by Crippen LogP contribution is 2.57. The van der Waals surface area contributed by atoms with E-state index in [0.29, 0.717) is 5.56 Å². The van der Waals surface area contributed by atoms with Gasteiger partial charge in [-0.2, -0.15) is 13.2 Å². The largest absolute Gasteiger partial charge is 0.419 e. The third-order valence-corrected chi connectivity index (χ3v) is 3.83. The smallest absolute Gasteiger partial charge is 0.271 e. The summed E-state index contributed by atoms with van der Waals surface area (Å²) in [5, 5.41) is 0. The van der Waals surface area contributed by atoms with Gasteiger partial charge in [0.15, 0.2) is 0 Å². The van der Waals surface area contributed by atoms with Gasteiger partial charge in [0.05, 0.1) is 5.56 Å². The van der Waals surface area contributed by atoms with E-state index < -0.39 is 23.6 Å². The molecule has 0 heterocycles. The van der Waals surface area contributed by atoms with E-state index in [9.17, 15) is 17.6 Å². The van der Waals surface area contributed by atoms with Crippen LogP contribution in [0.4, 0.5) is 17.6 Å². The molecule has 1 aliphatic rings. The predicted octanol–water partition coefficient (Wildman–Crippen LogP) is 3.40. The topological polar surface area (TPSA) is 38.0 Å². The fourth-order valence-electron chi connectivity index (χ4n) is 2.48. The highest BCUT2D eigenvalue weighted by Gasteiger charge is 2.50. The van der Waals surface area contributed by atoms with Gasteiger partial charge < -0.3 is 0 Å². The van der Waals surface area contributed by atoms with E-state index in [1.807, 2.05) is 13.8 Å². The van der Waals surface area contributed by atoms with Crippen molar-refractivity contribution in [2.45, 2.75) is 32.5 Å². The van der Waals surface area contributed by atoms with Crippen LogP contribution in [0, 0.1) is 17.2 Å². The van der Waals surface area contributed by atoms with Crippen LogP contribution < -0.4 is 11.3 Å². The molecule has 2 atom stereocenters. The molecule has 19 heavy (non-hydrogen) atoms. The average molecular weight is 276 g/mol. The van der Waals surface area contributed by atoms with Crippen LogP contribution in [-0.4, -0.2) is 0 Å². The molecule has 1 saturated carbocycles. The SMILES string of the molecule is CC1(C)CC1C(NN)c1ccc(F)c(C(F)(F)F)c1. The first-order chi connectivity index (χ1) is 8.66. The molecular formula is C13H16F4N2. The Balaban J connectivity index is 2.35. The lowest BCUT2D eigenvalue weighted by Crippen LogP contribution is -2.31. The Labute approximate surface area is 109 Å². The summed E-state index contributed by atoms with van der Waals surface area (Å²) in [6.45, 7) is 4.05. The maximum atomic E-state index is 13.2. The van der Waals surface area contributed by atoms with Crippen molar-refractivity contribution in [1.82, 2.24) is 5.43 Å². The van der Waals surface area contributed by atoms with E-state index in [2.05, 4.69) is 5.43 Å². The normalized spacial score (nSPS) is 23.2. The predicted molar refractivity (Wildman–Crippen MR) is 63.4 cm³/mol. The highest BCUT2D eigenvalue weighted by atomic mass is 19.4. The molecule has 1 fully saturated rings. The number of halogens is 4. The molecule has 0 aromatic heterocycles. The highest BCUT2D eigenvalue weighted by molar-refractivity contribution is 5.31. The van der Waals surface area contributed by atoms with Crippen molar-refractivity contribution in [1.29, 1.82) is 0 Å². The molecule has 1 aromatic rings. The Morgan fingerprint density at radius 2 is 1.95 bits per heavy atom. The molecule has 0 radical (unpaired) electrons. The summed E-state index contributed by atoms with van der Waals surface area (Å²) in [6, 6.07) is 2.65. The molecule has 0 bridgehead atoms. The maximum absolute atomic E-state index is 13.2. The number of hydrogen-bond acceptors (Lipinski definition) is 2. The summed E-state index contributed by atoms with van der Waals surface area (Å²) in [5.74, 6) is 4.33. The molecule has 1 aromatic carbocycles. The zero-order valence-corrected chi connectivity index (χ0v) is 10.7. The summed E-state index contributed by atoms with van der Waals surface area (Å²) in [5.41, 5.74) is 1.71. The fourth-order valence-corrected chi connectivity index (χ4v) is 2.48. The molecule has 1 aliphatic carbocycles. The van der Waals surface area contributed by atoms with E-state index in [1.54, 1.807) is 0 Å². The number of hydrogen-bond donors (Lipinski definition) is 2. The molecule has 0 saturated heterocycles. The first-order valence-corrected chi connectivity index (χ1v) is 5.99. The summed E-state index contributed by atoms with van der Waals surface area (Å²) < 4.78 is 51.2. The summed E-state index contributed by atoms with van der Waals surface area (Å²) >= 11 is 0. The first-order valence-electron chi connectivity index (χ1n) is 5.99. The van der Waals surface area contributed by atoms with E-state index >= 15 is 0 Å². The Morgan fingerprint density at radius 3 is 2.37 bits per heavy atom. The van der Waals surface area contributed by atoms with Crippen LogP contribution in [0.3, 0.4) is 0 Å². The lowest BCUT2D eigenvalue weighted by Gasteiger charge is -2.19. The van der Waals surface area contributed by atoms with Crippen molar-refractivity contribution in [2.24, 2.45) is 17.2 Å². The molecule has 0 amide bonds. The Morgan fingerprint density at radius 1 is 1.37 bits per heavy atom. The second kappa shape index (κ2) is 4.45. The van der Waals surface area contributed by atoms with E-state index in [-0.39, 0.29) is 11.3 Å². The van der Waals surface area contributed by atoms with Crippen molar-refractivity contribution < 1.29 is 17.6 Å². The van der Waals surface area contributed by atoms with Gasteiger partial charge in [-0.3, -0.25) is 11.3 Å². The number of nitrogens with two attached hydrogens (primary N) is 1. The number of alkyl halides is 3. The summed E-state index contributed by atoms with van der Waals surface area (Å²) in [7, 11) is 0. The van der Waals surface area contributed by atoms with E-state index in [0.717, 1.165) is 18.6 Å². The van der Waals surface area contributed by atoms with Gasteiger partial charge in [-0.15, -0.1) is 0 Å². The lowest BCUT2D eigenvalue weighted by atomic mass is 9.96. The van der Waals surface area contributed by atoms with Crippen LogP contribution in [-0.2, 0) is 6.18 Å². The van der Waals surface area contributed by atoms with Gasteiger partial charge in [-0.1, -0.05) is 19.9 Å². The van der Waals surface area contributed by atoms with Crippen LogP contribution >= 0.6 is 0 Å². The van der Waals surface area contributed by atoms with Crippen LogP contribution in [0.2, 0.25) is 0 Å². The van der Waals surface area contributed by atoms with Crippen molar-refractivity contribution in [3.8, 4) is 0 Å². The fraction of sp³-hybridized carbons (Fsp3) is 0.538. The summed E-state index contributed by atoms with van der Waals surface area (Å²) in [6.07, 6.45) is -3.82. The molecular weight excluding hydrogens is 260 g/mol. The molecule has 0 aliphatic heterocycles. The van der Waals surface area contributed by atoms with Crippen LogP contribution in [0.1, 0.15) is 37.4 Å². The minimum absolute atomic E-state index is 0.0455. The van der Waals surface area contributed by atoms with Gasteiger partial charge in [0.2, 0.25) is 0 Å². The van der Waals surface area contributed by atoms with Gasteiger partial charge in [0.1, 0.15) is 5.82 Å². The van der Waals surface area contributed by atoms with Crippen molar-refractivity contribution in [3.63, 3.8) is 0 Å². The van der Waals surface area contributed by atoms with Gasteiger partial charge in [0, 0.05) is 6.04 Å².